The van der Waals surface area contributed by atoms with E-state index in [0.717, 1.165) is 23.0 Å². The number of nitrogens with one attached hydrogen (secondary N) is 2. The van der Waals surface area contributed by atoms with Crippen molar-refractivity contribution in [2.24, 2.45) is 0 Å². The number of benzene rings is 4. The summed E-state index contributed by atoms with van der Waals surface area (Å²) in [6, 6.07) is 20.6. The van der Waals surface area contributed by atoms with Crippen LogP contribution < -0.4 is 15.4 Å². The lowest BCUT2D eigenvalue weighted by Gasteiger charge is -2.16. The number of amides is 1. The topological polar surface area (TPSA) is 106 Å². The molecule has 6 aromatic rings. The van der Waals surface area contributed by atoms with Crippen LogP contribution in [0, 0.1) is 0 Å². The molecule has 45 heavy (non-hydrogen) atoms. The number of alkyl halides is 3. The first-order valence-corrected chi connectivity index (χ1v) is 14.2. The zero-order valence-electron chi connectivity index (χ0n) is 24.2. The number of carbonyl (C=O) groups excluding carboxylic acids is 2. The van der Waals surface area contributed by atoms with Crippen molar-refractivity contribution in [2.45, 2.75) is 26.4 Å². The molecule has 0 fully saturated rings. The van der Waals surface area contributed by atoms with Gasteiger partial charge in [0, 0.05) is 39.9 Å². The largest absolute Gasteiger partial charge is 0.492 e. The number of fused-ring (bicyclic) bond motifs is 3. The van der Waals surface area contributed by atoms with E-state index in [0.29, 0.717) is 27.6 Å². The number of hydrogen-bond donors (Lipinski definition) is 2. The molecule has 6 rings (SSSR count). The molecular weight excluding hydrogens is 583 g/mol. The van der Waals surface area contributed by atoms with Gasteiger partial charge in [0.2, 0.25) is 0 Å². The van der Waals surface area contributed by atoms with Crippen molar-refractivity contribution in [2.75, 3.05) is 17.2 Å². The van der Waals surface area contributed by atoms with Crippen molar-refractivity contribution in [1.82, 2.24) is 15.0 Å². The SMILES string of the molecule is CCOc1cc2ncnc(Nc3cccc(C(F)(F)F)c3)c2cc1NC(=O)c1ccc2nc3ccccc3cc2c1C(=O)CC. The zero-order valence-corrected chi connectivity index (χ0v) is 24.2. The summed E-state index contributed by atoms with van der Waals surface area (Å²) in [4.78, 5) is 40.4. The second kappa shape index (κ2) is 11.8. The van der Waals surface area contributed by atoms with Crippen molar-refractivity contribution in [3.8, 4) is 5.75 Å². The van der Waals surface area contributed by atoms with Crippen molar-refractivity contribution in [3.63, 3.8) is 0 Å². The van der Waals surface area contributed by atoms with Crippen LogP contribution in [-0.2, 0) is 6.18 Å². The Hall–Kier alpha value is -5.58. The molecule has 11 heteroatoms. The Balaban J connectivity index is 1.43. The van der Waals surface area contributed by atoms with Gasteiger partial charge in [-0.15, -0.1) is 0 Å². The second-order valence-corrected chi connectivity index (χ2v) is 10.2. The average molecular weight is 610 g/mol. The Morgan fingerprint density at radius 1 is 0.844 bits per heavy atom. The summed E-state index contributed by atoms with van der Waals surface area (Å²) in [5.74, 6) is -0.221. The Kier molecular flexibility index (Phi) is 7.76. The van der Waals surface area contributed by atoms with Gasteiger partial charge in [-0.1, -0.05) is 31.2 Å². The van der Waals surface area contributed by atoms with Crippen LogP contribution in [0.1, 0.15) is 46.5 Å². The molecule has 0 unspecified atom stereocenters. The highest BCUT2D eigenvalue weighted by atomic mass is 19.4. The molecule has 0 saturated heterocycles. The van der Waals surface area contributed by atoms with Gasteiger partial charge in [-0.3, -0.25) is 9.59 Å². The maximum absolute atomic E-state index is 13.9. The number of nitrogens with zero attached hydrogens (tertiary/aromatic N) is 3. The third kappa shape index (κ3) is 5.84. The molecule has 2 aromatic heterocycles. The fraction of sp³-hybridized carbons (Fsp3) is 0.147. The van der Waals surface area contributed by atoms with Gasteiger partial charge < -0.3 is 15.4 Å². The molecule has 1 amide bonds. The highest BCUT2D eigenvalue weighted by Gasteiger charge is 2.30. The van der Waals surface area contributed by atoms with E-state index in [1.807, 2.05) is 30.3 Å². The minimum atomic E-state index is -4.51. The smallest absolute Gasteiger partial charge is 0.416 e. The first-order chi connectivity index (χ1) is 21.7. The Morgan fingerprint density at radius 3 is 2.44 bits per heavy atom. The van der Waals surface area contributed by atoms with Gasteiger partial charge in [0.1, 0.15) is 17.9 Å². The first-order valence-electron chi connectivity index (χ1n) is 14.2. The zero-order chi connectivity index (χ0) is 31.7. The molecule has 0 aliphatic rings. The van der Waals surface area contributed by atoms with Gasteiger partial charge in [0.15, 0.2) is 5.78 Å². The molecule has 8 nitrogen and oxygen atoms in total. The van der Waals surface area contributed by atoms with E-state index in [1.165, 1.54) is 18.5 Å². The molecule has 0 aliphatic heterocycles. The number of halogens is 3. The van der Waals surface area contributed by atoms with Gasteiger partial charge >= 0.3 is 6.18 Å². The van der Waals surface area contributed by atoms with Gasteiger partial charge in [-0.25, -0.2) is 15.0 Å². The number of rotatable bonds is 8. The summed E-state index contributed by atoms with van der Waals surface area (Å²) in [6.07, 6.45) is -3.06. The van der Waals surface area contributed by atoms with Gasteiger partial charge in [0.25, 0.3) is 5.91 Å². The van der Waals surface area contributed by atoms with E-state index in [-0.39, 0.29) is 47.1 Å². The minimum Gasteiger partial charge on any atom is -0.492 e. The van der Waals surface area contributed by atoms with Gasteiger partial charge in [0.05, 0.1) is 40.0 Å². The second-order valence-electron chi connectivity index (χ2n) is 10.2. The summed E-state index contributed by atoms with van der Waals surface area (Å²) < 4.78 is 45.8. The Labute approximate surface area is 255 Å². The average Bonchev–Trinajstić information content (AvgIpc) is 3.03. The molecular formula is C34H26F3N5O3. The third-order valence-electron chi connectivity index (χ3n) is 7.28. The van der Waals surface area contributed by atoms with Crippen LogP contribution in [0.5, 0.6) is 5.75 Å². The predicted octanol–water partition coefficient (Wildman–Crippen LogP) is 8.34. The van der Waals surface area contributed by atoms with E-state index in [2.05, 4.69) is 25.6 Å². The molecule has 226 valence electrons. The van der Waals surface area contributed by atoms with Gasteiger partial charge in [-0.05, 0) is 55.5 Å². The van der Waals surface area contributed by atoms with Crippen LogP contribution in [0.3, 0.4) is 0 Å². The standard InChI is InChI=1S/C34H26F3N5O3/c1-3-29(43)31-22(12-13-26-23(31)14-19-8-5-6-11-25(19)41-26)33(44)42-28-16-24-27(17-30(28)45-4-2)38-18-39-32(24)40-21-10-7-9-20(15-21)34(35,36)37/h5-18H,3-4H2,1-2H3,(H,42,44)(H,38,39,40). The minimum absolute atomic E-state index is 0.167. The summed E-state index contributed by atoms with van der Waals surface area (Å²) in [5.41, 5.74) is 1.85. The number of ketones is 1. The molecule has 2 N–H and O–H groups in total. The summed E-state index contributed by atoms with van der Waals surface area (Å²) in [5, 5.41) is 7.64. The van der Waals surface area contributed by atoms with Crippen LogP contribution >= 0.6 is 0 Å². The van der Waals surface area contributed by atoms with Crippen molar-refractivity contribution < 1.29 is 27.5 Å². The first kappa shape index (κ1) is 29.5. The Bertz CT molecular complexity index is 2110. The quantitative estimate of drug-likeness (QED) is 0.132. The summed E-state index contributed by atoms with van der Waals surface area (Å²) in [7, 11) is 0. The molecule has 0 saturated carbocycles. The molecule has 0 radical (unpaired) electrons. The molecule has 0 spiro atoms. The van der Waals surface area contributed by atoms with E-state index >= 15 is 0 Å². The highest BCUT2D eigenvalue weighted by Crippen LogP contribution is 2.36. The lowest BCUT2D eigenvalue weighted by molar-refractivity contribution is -0.137. The van der Waals surface area contributed by atoms with E-state index in [1.54, 1.807) is 38.1 Å². The van der Waals surface area contributed by atoms with E-state index < -0.39 is 17.6 Å². The monoisotopic (exact) mass is 609 g/mol. The lowest BCUT2D eigenvalue weighted by atomic mass is 9.95. The van der Waals surface area contributed by atoms with Crippen LogP contribution in [0.2, 0.25) is 0 Å². The number of anilines is 3. The number of Topliss-reactive ketones (excluding diaryl/α,β-unsaturated/α-hetero) is 1. The summed E-state index contributed by atoms with van der Waals surface area (Å²) in [6.45, 7) is 3.80. The van der Waals surface area contributed by atoms with Crippen LogP contribution in [-0.4, -0.2) is 33.2 Å². The predicted molar refractivity (Wildman–Crippen MR) is 167 cm³/mol. The number of para-hydroxylation sites is 1. The molecule has 2 heterocycles. The van der Waals surface area contributed by atoms with Crippen molar-refractivity contribution >= 4 is 61.6 Å². The van der Waals surface area contributed by atoms with E-state index in [9.17, 15) is 22.8 Å². The lowest BCUT2D eigenvalue weighted by Crippen LogP contribution is -2.17. The number of aromatic nitrogens is 3. The molecule has 4 aromatic carbocycles. The van der Waals surface area contributed by atoms with Crippen LogP contribution in [0.25, 0.3) is 32.7 Å². The fourth-order valence-electron chi connectivity index (χ4n) is 5.17. The number of carbonyl (C=O) groups is 2. The normalized spacial score (nSPS) is 11.6. The van der Waals surface area contributed by atoms with Crippen LogP contribution in [0.4, 0.5) is 30.4 Å². The van der Waals surface area contributed by atoms with Crippen molar-refractivity contribution in [1.29, 1.82) is 0 Å². The molecule has 0 aliphatic carbocycles. The maximum Gasteiger partial charge on any atom is 0.416 e. The summed E-state index contributed by atoms with van der Waals surface area (Å²) >= 11 is 0. The van der Waals surface area contributed by atoms with Gasteiger partial charge in [-0.2, -0.15) is 13.2 Å². The number of hydrogen-bond acceptors (Lipinski definition) is 7. The molecule has 0 atom stereocenters. The fourth-order valence-corrected chi connectivity index (χ4v) is 5.17. The number of ether oxygens (including phenoxy) is 1. The van der Waals surface area contributed by atoms with Crippen LogP contribution in [0.15, 0.2) is 85.2 Å². The van der Waals surface area contributed by atoms with Crippen molar-refractivity contribution in [3.05, 3.63) is 102 Å². The maximum atomic E-state index is 13.9. The Morgan fingerprint density at radius 2 is 1.67 bits per heavy atom. The molecule has 0 bridgehead atoms. The highest BCUT2D eigenvalue weighted by molar-refractivity contribution is 6.19. The third-order valence-corrected chi connectivity index (χ3v) is 7.28. The number of pyridine rings is 1. The van der Waals surface area contributed by atoms with E-state index in [4.69, 9.17) is 4.74 Å².